The molecule has 7 nitrogen and oxygen atoms in total. The molecular weight excluding hydrogens is 372 g/mol. The normalized spacial score (nSPS) is 14.5. The van der Waals surface area contributed by atoms with E-state index in [1.165, 1.54) is 36.3 Å². The first-order chi connectivity index (χ1) is 12.3. The third-order valence-corrected chi connectivity index (χ3v) is 5.80. The molecule has 0 aliphatic carbocycles. The Morgan fingerprint density at radius 2 is 2.15 bits per heavy atom. The van der Waals surface area contributed by atoms with Crippen LogP contribution in [0.1, 0.15) is 27.7 Å². The van der Waals surface area contributed by atoms with E-state index in [1.54, 1.807) is 6.92 Å². The van der Waals surface area contributed by atoms with Gasteiger partial charge in [-0.15, -0.1) is 11.3 Å². The Labute approximate surface area is 160 Å². The molecule has 2 aromatic rings. The number of carbonyl (C=O) groups is 2. The predicted octanol–water partition coefficient (Wildman–Crippen LogP) is 2.77. The number of ether oxygens (including phenoxy) is 1. The minimum Gasteiger partial charge on any atom is -0.452 e. The average molecular weight is 393 g/mol. The Kier molecular flexibility index (Phi) is 6.56. The van der Waals surface area contributed by atoms with Gasteiger partial charge in [-0.1, -0.05) is 25.6 Å². The van der Waals surface area contributed by atoms with Crippen LogP contribution in [0.2, 0.25) is 0 Å². The van der Waals surface area contributed by atoms with Crippen LogP contribution in [0.4, 0.5) is 0 Å². The van der Waals surface area contributed by atoms with Crippen molar-refractivity contribution in [2.24, 2.45) is 5.92 Å². The third-order valence-electron chi connectivity index (χ3n) is 4.00. The molecule has 26 heavy (non-hydrogen) atoms. The molecule has 0 aliphatic rings. The highest BCUT2D eigenvalue weighted by atomic mass is 32.2. The molecule has 0 radical (unpaired) electrons. The van der Waals surface area contributed by atoms with E-state index in [4.69, 9.17) is 4.74 Å². The monoisotopic (exact) mass is 392 g/mol. The van der Waals surface area contributed by atoms with Gasteiger partial charge in [-0.2, -0.15) is 5.26 Å². The van der Waals surface area contributed by atoms with Gasteiger partial charge >= 0.3 is 5.97 Å². The van der Waals surface area contributed by atoms with Gasteiger partial charge in [-0.3, -0.25) is 9.59 Å². The maximum Gasteiger partial charge on any atom is 0.317 e. The standard InChI is InChI=1S/C17H20N4O3S2/c1-10(2)17(4,8-18)21-14(23)11(3)24-13(22)7-26-16-12-5-6-25-15(12)19-9-20-16/h5-6,9-11H,7H2,1-4H3,(H,21,23)/t11-,17+/m0/s1. The van der Waals surface area contributed by atoms with Crippen LogP contribution in [0.15, 0.2) is 22.8 Å². The topological polar surface area (TPSA) is 105 Å². The first-order valence-corrected chi connectivity index (χ1v) is 9.87. The largest absolute Gasteiger partial charge is 0.452 e. The van der Waals surface area contributed by atoms with Crippen molar-refractivity contribution < 1.29 is 14.3 Å². The Morgan fingerprint density at radius 3 is 2.81 bits per heavy atom. The zero-order valence-corrected chi connectivity index (χ0v) is 16.6. The van der Waals surface area contributed by atoms with Gasteiger partial charge < -0.3 is 10.1 Å². The summed E-state index contributed by atoms with van der Waals surface area (Å²) in [5, 5.41) is 15.4. The van der Waals surface area contributed by atoms with E-state index in [1.807, 2.05) is 25.3 Å². The highest BCUT2D eigenvalue weighted by molar-refractivity contribution is 8.00. The number of rotatable bonds is 7. The molecule has 0 spiro atoms. The molecule has 0 aliphatic heterocycles. The number of hydrogen-bond acceptors (Lipinski definition) is 8. The van der Waals surface area contributed by atoms with Gasteiger partial charge in [0.05, 0.1) is 11.8 Å². The van der Waals surface area contributed by atoms with Crippen LogP contribution < -0.4 is 5.32 Å². The lowest BCUT2D eigenvalue weighted by Crippen LogP contribution is -2.52. The second-order valence-corrected chi connectivity index (χ2v) is 8.06. The molecule has 0 saturated heterocycles. The highest BCUT2D eigenvalue weighted by Crippen LogP contribution is 2.27. The zero-order chi connectivity index (χ0) is 19.3. The van der Waals surface area contributed by atoms with E-state index in [2.05, 4.69) is 21.4 Å². The molecule has 0 bridgehead atoms. The number of nitriles is 1. The Bertz CT molecular complexity index is 846. The molecule has 2 heterocycles. The van der Waals surface area contributed by atoms with E-state index in [9.17, 15) is 14.9 Å². The van der Waals surface area contributed by atoms with Crippen molar-refractivity contribution >= 4 is 45.2 Å². The molecule has 9 heteroatoms. The summed E-state index contributed by atoms with van der Waals surface area (Å²) in [4.78, 5) is 33.4. The van der Waals surface area contributed by atoms with E-state index in [-0.39, 0.29) is 11.7 Å². The van der Waals surface area contributed by atoms with Crippen LogP contribution in [-0.2, 0) is 14.3 Å². The van der Waals surface area contributed by atoms with Crippen molar-refractivity contribution in [3.8, 4) is 6.07 Å². The van der Waals surface area contributed by atoms with Crippen LogP contribution in [-0.4, -0.2) is 39.2 Å². The molecule has 0 fully saturated rings. The molecule has 2 atom stereocenters. The Morgan fingerprint density at radius 1 is 1.42 bits per heavy atom. The highest BCUT2D eigenvalue weighted by Gasteiger charge is 2.32. The summed E-state index contributed by atoms with van der Waals surface area (Å²) in [6, 6.07) is 3.99. The lowest BCUT2D eigenvalue weighted by atomic mass is 9.90. The molecule has 0 aromatic carbocycles. The molecule has 2 aromatic heterocycles. The minimum atomic E-state index is -1.02. The van der Waals surface area contributed by atoms with Crippen molar-refractivity contribution in [2.45, 2.75) is 44.4 Å². The number of hydrogen-bond donors (Lipinski definition) is 1. The molecule has 1 N–H and O–H groups in total. The lowest BCUT2D eigenvalue weighted by molar-refractivity contribution is -0.152. The van der Waals surface area contributed by atoms with Gasteiger partial charge in [0.25, 0.3) is 5.91 Å². The molecule has 2 rings (SSSR count). The second kappa shape index (κ2) is 8.47. The summed E-state index contributed by atoms with van der Waals surface area (Å²) in [5.74, 6) is -1.08. The molecular formula is C17H20N4O3S2. The van der Waals surface area contributed by atoms with Gasteiger partial charge in [-0.05, 0) is 31.2 Å². The van der Waals surface area contributed by atoms with Crippen molar-refractivity contribution in [1.82, 2.24) is 15.3 Å². The van der Waals surface area contributed by atoms with Crippen LogP contribution >= 0.6 is 23.1 Å². The number of nitrogens with zero attached hydrogens (tertiary/aromatic N) is 3. The smallest absolute Gasteiger partial charge is 0.317 e. The van der Waals surface area contributed by atoms with Gasteiger partial charge in [0.1, 0.15) is 21.7 Å². The maximum absolute atomic E-state index is 12.2. The molecule has 1 amide bonds. The number of nitrogens with one attached hydrogen (secondary N) is 1. The van der Waals surface area contributed by atoms with Crippen LogP contribution in [0.5, 0.6) is 0 Å². The van der Waals surface area contributed by atoms with Crippen molar-refractivity contribution in [1.29, 1.82) is 5.26 Å². The summed E-state index contributed by atoms with van der Waals surface area (Å²) in [7, 11) is 0. The van der Waals surface area contributed by atoms with E-state index in [0.717, 1.165) is 10.2 Å². The van der Waals surface area contributed by atoms with Gasteiger partial charge in [0.15, 0.2) is 6.10 Å². The number of carbonyl (C=O) groups excluding carboxylic acids is 2. The number of amides is 1. The lowest BCUT2D eigenvalue weighted by Gasteiger charge is -2.28. The number of thioether (sulfide) groups is 1. The van der Waals surface area contributed by atoms with Crippen molar-refractivity contribution in [3.63, 3.8) is 0 Å². The van der Waals surface area contributed by atoms with E-state index in [0.29, 0.717) is 5.03 Å². The first kappa shape index (κ1) is 20.1. The van der Waals surface area contributed by atoms with Gasteiger partial charge in [0, 0.05) is 5.39 Å². The Hall–Kier alpha value is -2.18. The van der Waals surface area contributed by atoms with E-state index < -0.39 is 23.5 Å². The van der Waals surface area contributed by atoms with E-state index >= 15 is 0 Å². The van der Waals surface area contributed by atoms with Gasteiger partial charge in [0.2, 0.25) is 0 Å². The summed E-state index contributed by atoms with van der Waals surface area (Å²) in [5.41, 5.74) is -1.02. The summed E-state index contributed by atoms with van der Waals surface area (Å²) in [6.45, 7) is 6.80. The second-order valence-electron chi connectivity index (χ2n) is 6.20. The zero-order valence-electron chi connectivity index (χ0n) is 15.0. The van der Waals surface area contributed by atoms with Gasteiger partial charge in [-0.25, -0.2) is 9.97 Å². The molecule has 0 unspecified atom stereocenters. The minimum absolute atomic E-state index is 0.0271. The maximum atomic E-state index is 12.2. The number of thiophene rings is 1. The number of fused-ring (bicyclic) bond motifs is 1. The molecule has 0 saturated carbocycles. The molecule has 138 valence electrons. The first-order valence-electron chi connectivity index (χ1n) is 8.00. The van der Waals surface area contributed by atoms with Crippen LogP contribution in [0, 0.1) is 17.2 Å². The Balaban J connectivity index is 1.90. The summed E-state index contributed by atoms with van der Waals surface area (Å²) >= 11 is 2.74. The van der Waals surface area contributed by atoms with Crippen LogP contribution in [0.25, 0.3) is 10.2 Å². The number of aromatic nitrogens is 2. The average Bonchev–Trinajstić information content (AvgIpc) is 3.08. The third kappa shape index (κ3) is 4.71. The quantitative estimate of drug-likeness (QED) is 0.439. The predicted molar refractivity (Wildman–Crippen MR) is 101 cm³/mol. The summed E-state index contributed by atoms with van der Waals surface area (Å²) in [6.07, 6.45) is 0.470. The SMILES string of the molecule is CC(C)[C@@](C)(C#N)NC(=O)[C@H](C)OC(=O)CSc1ncnc2sccc12. The van der Waals surface area contributed by atoms with Crippen molar-refractivity contribution in [3.05, 3.63) is 17.8 Å². The summed E-state index contributed by atoms with van der Waals surface area (Å²) < 4.78 is 5.18. The number of esters is 1. The fourth-order valence-electron chi connectivity index (χ4n) is 1.95. The fraction of sp³-hybridized carbons (Fsp3) is 0.471. The van der Waals surface area contributed by atoms with Crippen LogP contribution in [0.3, 0.4) is 0 Å². The van der Waals surface area contributed by atoms with Crippen molar-refractivity contribution in [2.75, 3.05) is 5.75 Å². The fourth-order valence-corrected chi connectivity index (χ4v) is 3.52.